The van der Waals surface area contributed by atoms with Crippen LogP contribution in [0.5, 0.6) is 0 Å². The summed E-state index contributed by atoms with van der Waals surface area (Å²) in [5, 5.41) is 1.00. The molecule has 0 aliphatic heterocycles. The van der Waals surface area contributed by atoms with Crippen LogP contribution in [0.15, 0.2) is 36.5 Å². The van der Waals surface area contributed by atoms with E-state index in [9.17, 15) is 4.79 Å². The molecule has 1 aliphatic rings. The zero-order valence-electron chi connectivity index (χ0n) is 12.4. The molecule has 1 atom stereocenters. The molecule has 0 spiro atoms. The van der Waals surface area contributed by atoms with Crippen molar-refractivity contribution in [3.63, 3.8) is 0 Å². The smallest absolute Gasteiger partial charge is 0.193 e. The molecule has 1 aromatic carbocycles. The number of para-hydroxylation sites is 1. The lowest BCUT2D eigenvalue weighted by atomic mass is 9.82. The third-order valence-electron chi connectivity index (χ3n) is 4.47. The molecule has 2 aromatic rings. The molecule has 0 bridgehead atoms. The number of carbonyl (C=O) groups excluding carboxylic acids is 1. The maximum Gasteiger partial charge on any atom is 0.193 e. The van der Waals surface area contributed by atoms with Crippen LogP contribution >= 0.6 is 0 Å². The van der Waals surface area contributed by atoms with E-state index in [0.29, 0.717) is 11.5 Å². The quantitative estimate of drug-likeness (QED) is 0.796. The summed E-state index contributed by atoms with van der Waals surface area (Å²) >= 11 is 0. The van der Waals surface area contributed by atoms with Gasteiger partial charge in [-0.25, -0.2) is 0 Å². The fourth-order valence-electron chi connectivity index (χ4n) is 3.32. The molecule has 1 saturated carbocycles. The van der Waals surface area contributed by atoms with Crippen molar-refractivity contribution in [2.75, 3.05) is 7.11 Å². The molecule has 110 valence electrons. The summed E-state index contributed by atoms with van der Waals surface area (Å²) in [6.07, 6.45) is 7.21. The van der Waals surface area contributed by atoms with Crippen LogP contribution in [0.4, 0.5) is 0 Å². The minimum absolute atomic E-state index is 0.0719. The number of hydrogen-bond acceptors (Lipinski definition) is 3. The number of rotatable bonds is 4. The van der Waals surface area contributed by atoms with Crippen molar-refractivity contribution in [1.82, 2.24) is 4.98 Å². The number of aromatic nitrogens is 1. The highest BCUT2D eigenvalue weighted by molar-refractivity contribution is 6.01. The largest absolute Gasteiger partial charge is 0.373 e. The lowest BCUT2D eigenvalue weighted by Gasteiger charge is -2.28. The molecule has 1 aromatic heterocycles. The van der Waals surface area contributed by atoms with Crippen LogP contribution in [0, 0.1) is 5.92 Å². The summed E-state index contributed by atoms with van der Waals surface area (Å²) in [4.78, 5) is 17.1. The van der Waals surface area contributed by atoms with Gasteiger partial charge < -0.3 is 4.74 Å². The number of benzene rings is 1. The molecule has 3 nitrogen and oxygen atoms in total. The third kappa shape index (κ3) is 2.98. The maximum atomic E-state index is 12.8. The summed E-state index contributed by atoms with van der Waals surface area (Å²) in [7, 11) is 1.64. The lowest BCUT2D eigenvalue weighted by molar-refractivity contribution is 0.0314. The standard InChI is InChI=1S/C18H21NO2/c1-21-18(13-7-3-2-4-8-13)17(20)15-11-14-9-5-6-10-16(14)19-12-15/h5-6,9-13,18H,2-4,7-8H2,1H3. The van der Waals surface area contributed by atoms with Gasteiger partial charge in [0.1, 0.15) is 6.10 Å². The second-order valence-electron chi connectivity index (χ2n) is 5.84. The van der Waals surface area contributed by atoms with Gasteiger partial charge in [0.2, 0.25) is 0 Å². The van der Waals surface area contributed by atoms with Gasteiger partial charge in [0.05, 0.1) is 5.52 Å². The van der Waals surface area contributed by atoms with Crippen molar-refractivity contribution in [2.45, 2.75) is 38.2 Å². The van der Waals surface area contributed by atoms with Gasteiger partial charge in [-0.2, -0.15) is 0 Å². The molecule has 1 unspecified atom stereocenters. The van der Waals surface area contributed by atoms with Crippen molar-refractivity contribution in [2.24, 2.45) is 5.92 Å². The fraction of sp³-hybridized carbons (Fsp3) is 0.444. The van der Waals surface area contributed by atoms with Crippen molar-refractivity contribution in [1.29, 1.82) is 0 Å². The average Bonchev–Trinajstić information content (AvgIpc) is 2.56. The number of Topliss-reactive ketones (excluding diaryl/α,β-unsaturated/α-hetero) is 1. The number of carbonyl (C=O) groups is 1. The average molecular weight is 283 g/mol. The molecule has 0 amide bonds. The summed E-state index contributed by atoms with van der Waals surface area (Å²) in [5.41, 5.74) is 1.58. The van der Waals surface area contributed by atoms with E-state index in [2.05, 4.69) is 4.98 Å². The first-order valence-corrected chi connectivity index (χ1v) is 7.71. The predicted octanol–water partition coefficient (Wildman–Crippen LogP) is 4.01. The Morgan fingerprint density at radius 2 is 2.00 bits per heavy atom. The number of fused-ring (bicyclic) bond motifs is 1. The number of ketones is 1. The van der Waals surface area contributed by atoms with Gasteiger partial charge in [0, 0.05) is 24.3 Å². The Morgan fingerprint density at radius 1 is 1.24 bits per heavy atom. The Labute approximate surface area is 125 Å². The number of pyridine rings is 1. The van der Waals surface area contributed by atoms with E-state index in [1.807, 2.05) is 30.3 Å². The Bertz CT molecular complexity index is 632. The minimum atomic E-state index is -0.326. The third-order valence-corrected chi connectivity index (χ3v) is 4.47. The summed E-state index contributed by atoms with van der Waals surface area (Å²) < 4.78 is 5.54. The Kier molecular flexibility index (Phi) is 4.30. The number of methoxy groups -OCH3 is 1. The highest BCUT2D eigenvalue weighted by atomic mass is 16.5. The van der Waals surface area contributed by atoms with E-state index in [1.165, 1.54) is 19.3 Å². The normalized spacial score (nSPS) is 17.8. The van der Waals surface area contributed by atoms with E-state index in [4.69, 9.17) is 4.74 Å². The van der Waals surface area contributed by atoms with E-state index < -0.39 is 0 Å². The lowest BCUT2D eigenvalue weighted by Crippen LogP contribution is -2.33. The zero-order chi connectivity index (χ0) is 14.7. The van der Waals surface area contributed by atoms with Crippen molar-refractivity contribution >= 4 is 16.7 Å². The van der Waals surface area contributed by atoms with Gasteiger partial charge in [-0.3, -0.25) is 9.78 Å². The molecule has 0 radical (unpaired) electrons. The Hall–Kier alpha value is -1.74. The van der Waals surface area contributed by atoms with E-state index in [1.54, 1.807) is 13.3 Å². The van der Waals surface area contributed by atoms with E-state index >= 15 is 0 Å². The van der Waals surface area contributed by atoms with Crippen LogP contribution in [0.25, 0.3) is 10.9 Å². The van der Waals surface area contributed by atoms with Crippen LogP contribution in [-0.2, 0) is 4.74 Å². The molecule has 21 heavy (non-hydrogen) atoms. The van der Waals surface area contributed by atoms with Gasteiger partial charge >= 0.3 is 0 Å². The molecular formula is C18H21NO2. The van der Waals surface area contributed by atoms with Crippen molar-refractivity contribution in [3.05, 3.63) is 42.1 Å². The number of hydrogen-bond donors (Lipinski definition) is 0. The molecule has 1 heterocycles. The fourth-order valence-corrected chi connectivity index (χ4v) is 3.32. The number of nitrogens with zero attached hydrogens (tertiary/aromatic N) is 1. The highest BCUT2D eigenvalue weighted by Crippen LogP contribution is 2.29. The highest BCUT2D eigenvalue weighted by Gasteiger charge is 2.30. The van der Waals surface area contributed by atoms with Crippen LogP contribution in [0.1, 0.15) is 42.5 Å². The second kappa shape index (κ2) is 6.35. The second-order valence-corrected chi connectivity index (χ2v) is 5.84. The van der Waals surface area contributed by atoms with Crippen LogP contribution in [-0.4, -0.2) is 24.0 Å². The van der Waals surface area contributed by atoms with Gasteiger partial charge in [0.15, 0.2) is 5.78 Å². The van der Waals surface area contributed by atoms with Crippen molar-refractivity contribution in [3.8, 4) is 0 Å². The maximum absolute atomic E-state index is 12.8. The van der Waals surface area contributed by atoms with E-state index in [0.717, 1.165) is 23.7 Å². The summed E-state index contributed by atoms with van der Waals surface area (Å²) in [6.45, 7) is 0. The molecule has 3 heteroatoms. The van der Waals surface area contributed by atoms with Gasteiger partial charge in [-0.05, 0) is 30.9 Å². The first kappa shape index (κ1) is 14.2. The van der Waals surface area contributed by atoms with Gasteiger partial charge in [-0.15, -0.1) is 0 Å². The first-order chi connectivity index (χ1) is 10.3. The molecule has 0 saturated heterocycles. The molecule has 3 rings (SSSR count). The SMILES string of the molecule is COC(C(=O)c1cnc2ccccc2c1)C1CCCCC1. The van der Waals surface area contributed by atoms with E-state index in [-0.39, 0.29) is 11.9 Å². The minimum Gasteiger partial charge on any atom is -0.373 e. The predicted molar refractivity (Wildman–Crippen MR) is 83.4 cm³/mol. The Morgan fingerprint density at radius 3 is 2.76 bits per heavy atom. The Balaban J connectivity index is 1.86. The monoisotopic (exact) mass is 283 g/mol. The van der Waals surface area contributed by atoms with Crippen LogP contribution in [0.2, 0.25) is 0 Å². The number of ether oxygens (including phenoxy) is 1. The topological polar surface area (TPSA) is 39.2 Å². The van der Waals surface area contributed by atoms with Crippen LogP contribution < -0.4 is 0 Å². The molecular weight excluding hydrogens is 262 g/mol. The van der Waals surface area contributed by atoms with Gasteiger partial charge in [-0.1, -0.05) is 37.5 Å². The summed E-state index contributed by atoms with van der Waals surface area (Å²) in [6, 6.07) is 9.80. The molecule has 1 fully saturated rings. The summed E-state index contributed by atoms with van der Waals surface area (Å²) in [5.74, 6) is 0.422. The van der Waals surface area contributed by atoms with Gasteiger partial charge in [0.25, 0.3) is 0 Å². The molecule has 0 N–H and O–H groups in total. The van der Waals surface area contributed by atoms with Crippen molar-refractivity contribution < 1.29 is 9.53 Å². The first-order valence-electron chi connectivity index (χ1n) is 7.71. The molecule has 1 aliphatic carbocycles. The van der Waals surface area contributed by atoms with Crippen LogP contribution in [0.3, 0.4) is 0 Å². The zero-order valence-corrected chi connectivity index (χ0v) is 12.4.